The van der Waals surface area contributed by atoms with Gasteiger partial charge in [-0.2, -0.15) is 0 Å². The molecule has 1 N–H and O–H groups in total. The van der Waals surface area contributed by atoms with E-state index in [2.05, 4.69) is 20.2 Å². The second kappa shape index (κ2) is 13.3. The quantitative estimate of drug-likeness (QED) is 0.256. The number of piperidine rings is 1. The second-order valence-corrected chi connectivity index (χ2v) is 10.6. The van der Waals surface area contributed by atoms with Crippen LogP contribution in [0.4, 0.5) is 0 Å². The lowest BCUT2D eigenvalue weighted by Gasteiger charge is -2.33. The van der Waals surface area contributed by atoms with Gasteiger partial charge in [0.25, 0.3) is 0 Å². The third-order valence-electron chi connectivity index (χ3n) is 6.29. The van der Waals surface area contributed by atoms with E-state index in [4.69, 9.17) is 32.7 Å². The molecule has 1 aromatic heterocycles. The predicted molar refractivity (Wildman–Crippen MR) is 149 cm³/mol. The lowest BCUT2D eigenvalue weighted by Crippen LogP contribution is -2.41. The summed E-state index contributed by atoms with van der Waals surface area (Å²) in [6.07, 6.45) is 5.68. The number of amides is 1. The zero-order valence-electron chi connectivity index (χ0n) is 20.9. The van der Waals surface area contributed by atoms with E-state index in [-0.39, 0.29) is 11.7 Å². The van der Waals surface area contributed by atoms with Crippen LogP contribution in [-0.2, 0) is 11.3 Å². The lowest BCUT2D eigenvalue weighted by atomic mass is 9.97. The van der Waals surface area contributed by atoms with Gasteiger partial charge in [0.2, 0.25) is 5.91 Å². The first-order chi connectivity index (χ1) is 18.0. The fourth-order valence-electron chi connectivity index (χ4n) is 4.37. The fraction of sp³-hybridized carbons (Fsp3) is 0.370. The second-order valence-electron chi connectivity index (χ2n) is 8.87. The molecule has 196 valence electrons. The van der Waals surface area contributed by atoms with Crippen molar-refractivity contribution in [2.75, 3.05) is 39.6 Å². The van der Waals surface area contributed by atoms with Gasteiger partial charge in [-0.1, -0.05) is 53.2 Å². The molecule has 4 rings (SSSR count). The van der Waals surface area contributed by atoms with Crippen molar-refractivity contribution in [2.45, 2.75) is 24.5 Å². The third-order valence-corrected chi connectivity index (χ3v) is 8.03. The molecule has 0 saturated carbocycles. The molecule has 7 nitrogen and oxygen atoms in total. The Balaban J connectivity index is 1.23. The first-order valence-electron chi connectivity index (χ1n) is 12.1. The molecule has 0 aliphatic carbocycles. The number of carbonyl (C=O) groups excluding carboxylic acids is 1. The Morgan fingerprint density at radius 3 is 2.65 bits per heavy atom. The minimum atomic E-state index is -0.0208. The highest BCUT2D eigenvalue weighted by molar-refractivity contribution is 7.99. The van der Waals surface area contributed by atoms with Crippen molar-refractivity contribution in [3.05, 3.63) is 64.4 Å². The molecule has 0 radical (unpaired) electrons. The van der Waals surface area contributed by atoms with Gasteiger partial charge in [-0.25, -0.2) is 9.97 Å². The number of hydrogen-bond acceptors (Lipinski definition) is 7. The van der Waals surface area contributed by atoms with E-state index in [0.29, 0.717) is 39.2 Å². The Labute approximate surface area is 231 Å². The molecule has 1 aliphatic rings. The number of benzene rings is 2. The SMILES string of the molecule is COc1ccc(-c2cnc(SCC(=O)NCC3CCCN(Cc4cccc(Cl)c4Cl)C3)nc2)cc1OC. The highest BCUT2D eigenvalue weighted by Crippen LogP contribution is 2.32. The number of carbonyl (C=O) groups is 1. The van der Waals surface area contributed by atoms with Crippen LogP contribution in [0.3, 0.4) is 0 Å². The average Bonchev–Trinajstić information content (AvgIpc) is 2.93. The number of methoxy groups -OCH3 is 2. The first-order valence-corrected chi connectivity index (χ1v) is 13.8. The molecule has 2 aromatic carbocycles. The largest absolute Gasteiger partial charge is 0.493 e. The molecule has 3 aromatic rings. The summed E-state index contributed by atoms with van der Waals surface area (Å²) < 4.78 is 10.7. The number of nitrogens with one attached hydrogen (secondary N) is 1. The number of aromatic nitrogens is 2. The zero-order valence-corrected chi connectivity index (χ0v) is 23.2. The van der Waals surface area contributed by atoms with Crippen molar-refractivity contribution in [2.24, 2.45) is 5.92 Å². The molecule has 1 atom stereocenters. The van der Waals surface area contributed by atoms with Crippen molar-refractivity contribution in [1.82, 2.24) is 20.2 Å². The van der Waals surface area contributed by atoms with Gasteiger partial charge in [-0.15, -0.1) is 0 Å². The van der Waals surface area contributed by atoms with Crippen LogP contribution < -0.4 is 14.8 Å². The fourth-order valence-corrected chi connectivity index (χ4v) is 5.36. The van der Waals surface area contributed by atoms with E-state index in [9.17, 15) is 4.79 Å². The van der Waals surface area contributed by atoms with Crippen LogP contribution in [0, 0.1) is 5.92 Å². The number of nitrogens with zero attached hydrogens (tertiary/aromatic N) is 3. The zero-order chi connectivity index (χ0) is 26.2. The molecular weight excluding hydrogens is 531 g/mol. The maximum atomic E-state index is 12.5. The standard InChI is InChI=1S/C27H30Cl2N4O3S/c1-35-23-9-8-19(11-24(23)36-2)21-13-31-27(32-14-21)37-17-25(34)30-12-18-5-4-10-33(15-18)16-20-6-3-7-22(28)26(20)29/h3,6-9,11,13-14,18H,4-5,10,12,15-17H2,1-2H3,(H,30,34). The normalized spacial score (nSPS) is 15.8. The Hall–Kier alpha value is -2.52. The van der Waals surface area contributed by atoms with E-state index in [0.717, 1.165) is 49.2 Å². The summed E-state index contributed by atoms with van der Waals surface area (Å²) in [7, 11) is 3.20. The highest BCUT2D eigenvalue weighted by atomic mass is 35.5. The average molecular weight is 562 g/mol. The number of likely N-dealkylation sites (tertiary alicyclic amines) is 1. The number of halogens is 2. The summed E-state index contributed by atoms with van der Waals surface area (Å²) in [4.78, 5) is 23.7. The van der Waals surface area contributed by atoms with E-state index >= 15 is 0 Å². The summed E-state index contributed by atoms with van der Waals surface area (Å²) in [5.41, 5.74) is 2.81. The minimum absolute atomic E-state index is 0.0208. The Morgan fingerprint density at radius 2 is 1.89 bits per heavy atom. The van der Waals surface area contributed by atoms with Gasteiger partial charge in [0.1, 0.15) is 0 Å². The molecule has 1 saturated heterocycles. The van der Waals surface area contributed by atoms with E-state index in [1.807, 2.05) is 30.3 Å². The van der Waals surface area contributed by atoms with Gasteiger partial charge in [-0.05, 0) is 54.6 Å². The van der Waals surface area contributed by atoms with Crippen LogP contribution in [0.1, 0.15) is 18.4 Å². The monoisotopic (exact) mass is 560 g/mol. The van der Waals surface area contributed by atoms with Gasteiger partial charge in [-0.3, -0.25) is 9.69 Å². The third kappa shape index (κ3) is 7.51. The molecule has 1 unspecified atom stereocenters. The topological polar surface area (TPSA) is 76.6 Å². The first kappa shape index (κ1) is 27.5. The molecule has 10 heteroatoms. The van der Waals surface area contributed by atoms with E-state index < -0.39 is 0 Å². The molecule has 1 fully saturated rings. The van der Waals surface area contributed by atoms with Crippen LogP contribution >= 0.6 is 35.0 Å². The Bertz CT molecular complexity index is 1210. The highest BCUT2D eigenvalue weighted by Gasteiger charge is 2.21. The van der Waals surface area contributed by atoms with Gasteiger partial charge < -0.3 is 14.8 Å². The van der Waals surface area contributed by atoms with Crippen LogP contribution in [0.25, 0.3) is 11.1 Å². The van der Waals surface area contributed by atoms with Crippen LogP contribution in [-0.4, -0.2) is 60.4 Å². The van der Waals surface area contributed by atoms with Crippen LogP contribution in [0.15, 0.2) is 53.9 Å². The Kier molecular flexibility index (Phi) is 9.91. The van der Waals surface area contributed by atoms with E-state index in [1.165, 1.54) is 11.8 Å². The Morgan fingerprint density at radius 1 is 1.11 bits per heavy atom. The maximum absolute atomic E-state index is 12.5. The van der Waals surface area contributed by atoms with Crippen molar-refractivity contribution in [1.29, 1.82) is 0 Å². The van der Waals surface area contributed by atoms with Gasteiger partial charge >= 0.3 is 0 Å². The molecule has 2 heterocycles. The van der Waals surface area contributed by atoms with Crippen molar-refractivity contribution in [3.63, 3.8) is 0 Å². The summed E-state index contributed by atoms with van der Waals surface area (Å²) in [5.74, 6) is 1.95. The number of hydrogen-bond donors (Lipinski definition) is 1. The summed E-state index contributed by atoms with van der Waals surface area (Å²) >= 11 is 13.8. The molecule has 37 heavy (non-hydrogen) atoms. The van der Waals surface area contributed by atoms with Gasteiger partial charge in [0, 0.05) is 37.6 Å². The predicted octanol–water partition coefficient (Wildman–Crippen LogP) is 5.59. The van der Waals surface area contributed by atoms with E-state index in [1.54, 1.807) is 32.7 Å². The molecule has 1 amide bonds. The van der Waals surface area contributed by atoms with Crippen molar-refractivity contribution < 1.29 is 14.3 Å². The summed E-state index contributed by atoms with van der Waals surface area (Å²) in [6, 6.07) is 11.4. The molecule has 0 spiro atoms. The van der Waals surface area contributed by atoms with Crippen molar-refractivity contribution in [3.8, 4) is 22.6 Å². The lowest BCUT2D eigenvalue weighted by molar-refractivity contribution is -0.118. The molecule has 0 bridgehead atoms. The molecular formula is C27H30Cl2N4O3S. The number of thioether (sulfide) groups is 1. The van der Waals surface area contributed by atoms with Crippen LogP contribution in [0.2, 0.25) is 10.0 Å². The van der Waals surface area contributed by atoms with Crippen LogP contribution in [0.5, 0.6) is 11.5 Å². The summed E-state index contributed by atoms with van der Waals surface area (Å²) in [6.45, 7) is 3.34. The molecule has 1 aliphatic heterocycles. The smallest absolute Gasteiger partial charge is 0.230 e. The van der Waals surface area contributed by atoms with Gasteiger partial charge in [0.15, 0.2) is 16.7 Å². The maximum Gasteiger partial charge on any atom is 0.230 e. The van der Waals surface area contributed by atoms with Crippen molar-refractivity contribution >= 4 is 40.9 Å². The number of ether oxygens (including phenoxy) is 2. The number of rotatable bonds is 10. The van der Waals surface area contributed by atoms with Gasteiger partial charge in [0.05, 0.1) is 30.0 Å². The summed E-state index contributed by atoms with van der Waals surface area (Å²) in [5, 5.41) is 4.83. The minimum Gasteiger partial charge on any atom is -0.493 e.